The second kappa shape index (κ2) is 15.0. The van der Waals surface area contributed by atoms with Gasteiger partial charge in [0.15, 0.2) is 5.75 Å². The Balaban J connectivity index is 1.30. The van der Waals surface area contributed by atoms with Crippen LogP contribution in [0.1, 0.15) is 72.3 Å². The fourth-order valence-corrected chi connectivity index (χ4v) is 5.80. The van der Waals surface area contributed by atoms with Crippen LogP contribution < -0.4 is 20.7 Å². The van der Waals surface area contributed by atoms with Crippen LogP contribution in [-0.4, -0.2) is 77.3 Å². The number of amides is 3. The first kappa shape index (κ1) is 34.8. The monoisotopic (exact) mass is 643 g/mol. The van der Waals surface area contributed by atoms with E-state index < -0.39 is 35.3 Å². The smallest absolute Gasteiger partial charge is 0.407 e. The van der Waals surface area contributed by atoms with E-state index in [-0.39, 0.29) is 30.6 Å². The van der Waals surface area contributed by atoms with Crippen molar-refractivity contribution in [3.05, 3.63) is 47.8 Å². The van der Waals surface area contributed by atoms with E-state index in [1.165, 1.54) is 0 Å². The predicted octanol–water partition coefficient (Wildman–Crippen LogP) is 5.50. The molecule has 252 valence electrons. The summed E-state index contributed by atoms with van der Waals surface area (Å²) < 4.78 is 40.2. The molecule has 4 rings (SSSR count). The molecule has 13 heteroatoms. The Morgan fingerprint density at radius 2 is 1.78 bits per heavy atom. The molecule has 1 aromatic heterocycles. The number of benzene rings is 1. The maximum atomic E-state index is 14.8. The van der Waals surface area contributed by atoms with Gasteiger partial charge in [-0.2, -0.15) is 4.99 Å². The second-order valence-electron chi connectivity index (χ2n) is 13.6. The fraction of sp³-hybridized carbons (Fsp3) is 0.606. The van der Waals surface area contributed by atoms with Gasteiger partial charge < -0.3 is 30.3 Å². The van der Waals surface area contributed by atoms with Gasteiger partial charge in [-0.25, -0.2) is 28.3 Å². The van der Waals surface area contributed by atoms with Gasteiger partial charge in [-0.15, -0.1) is 0 Å². The number of nitrogens with zero attached hydrogens (tertiary/aromatic N) is 5. The molecule has 0 saturated carbocycles. The van der Waals surface area contributed by atoms with Gasteiger partial charge in [0.05, 0.1) is 25.0 Å². The Hall–Kier alpha value is -4.03. The fourth-order valence-electron chi connectivity index (χ4n) is 5.80. The lowest BCUT2D eigenvalue weighted by Gasteiger charge is -2.34. The highest BCUT2D eigenvalue weighted by Gasteiger charge is 2.38. The molecule has 2 aromatic rings. The molecule has 11 nitrogen and oxygen atoms in total. The van der Waals surface area contributed by atoms with Crippen molar-refractivity contribution in [1.82, 2.24) is 20.2 Å². The molecule has 2 aliphatic rings. The van der Waals surface area contributed by atoms with Crippen molar-refractivity contribution < 1.29 is 27.8 Å². The molecule has 1 aromatic carbocycles. The molecule has 0 spiro atoms. The number of alkyl carbamates (subject to hydrolysis) is 1. The number of hydrogen-bond donors (Lipinski definition) is 2. The zero-order valence-corrected chi connectivity index (χ0v) is 27.6. The number of carbonyl (C=O) groups is 2. The van der Waals surface area contributed by atoms with Gasteiger partial charge in [0, 0.05) is 38.0 Å². The number of nitrogens with one attached hydrogen (secondary N) is 1. The summed E-state index contributed by atoms with van der Waals surface area (Å²) in [5.74, 6) is 0.516. The third kappa shape index (κ3) is 9.49. The molecule has 0 radical (unpaired) electrons. The molecule has 3 atom stereocenters. The van der Waals surface area contributed by atoms with Crippen LogP contribution in [0.3, 0.4) is 0 Å². The standard InChI is InChI=1S/C33H47F2N7O4/c1-20(2)29(36)40-31(43)41-12-9-22(10-13-41)21(3)11-14-45-24-16-37-30(38-17-24)42-18-26(25-15-23(34)7-8-27(25)35)28(19-42)39-32(44)46-33(4,5)6/h7-8,15-17,20-22,26,28H,9-14,18-19H2,1-6H3,(H,39,44)(H2,36,40,43)/t21-,26-,28+/m1/s1. The lowest BCUT2D eigenvalue weighted by Crippen LogP contribution is -2.43. The van der Waals surface area contributed by atoms with E-state index in [0.29, 0.717) is 49.1 Å². The van der Waals surface area contributed by atoms with Crippen molar-refractivity contribution in [3.8, 4) is 5.75 Å². The zero-order chi connectivity index (χ0) is 33.6. The molecular weight excluding hydrogens is 596 g/mol. The minimum atomic E-state index is -0.714. The highest BCUT2D eigenvalue weighted by molar-refractivity contribution is 5.93. The van der Waals surface area contributed by atoms with Crippen LogP contribution in [0.2, 0.25) is 0 Å². The largest absolute Gasteiger partial charge is 0.490 e. The van der Waals surface area contributed by atoms with Crippen LogP contribution in [-0.2, 0) is 4.74 Å². The van der Waals surface area contributed by atoms with Gasteiger partial charge in [-0.05, 0) is 75.6 Å². The zero-order valence-electron chi connectivity index (χ0n) is 27.6. The quantitative estimate of drug-likeness (QED) is 0.270. The maximum absolute atomic E-state index is 14.8. The summed E-state index contributed by atoms with van der Waals surface area (Å²) in [5.41, 5.74) is 5.30. The summed E-state index contributed by atoms with van der Waals surface area (Å²) in [4.78, 5) is 41.5. The van der Waals surface area contributed by atoms with Crippen molar-refractivity contribution in [3.63, 3.8) is 0 Å². The first-order chi connectivity index (χ1) is 21.7. The van der Waals surface area contributed by atoms with Crippen LogP contribution in [0.4, 0.5) is 24.3 Å². The van der Waals surface area contributed by atoms with Crippen molar-refractivity contribution in [2.75, 3.05) is 37.7 Å². The van der Waals surface area contributed by atoms with Crippen molar-refractivity contribution in [2.45, 2.75) is 78.4 Å². The van der Waals surface area contributed by atoms with Crippen molar-refractivity contribution in [2.24, 2.45) is 28.5 Å². The number of anilines is 1. The van der Waals surface area contributed by atoms with Gasteiger partial charge in [0.2, 0.25) is 5.95 Å². The number of aromatic nitrogens is 2. The summed E-state index contributed by atoms with van der Waals surface area (Å²) in [5, 5.41) is 2.82. The van der Waals surface area contributed by atoms with E-state index in [4.69, 9.17) is 15.2 Å². The Morgan fingerprint density at radius 3 is 2.41 bits per heavy atom. The average Bonchev–Trinajstić information content (AvgIpc) is 3.40. The Morgan fingerprint density at radius 1 is 1.11 bits per heavy atom. The van der Waals surface area contributed by atoms with Crippen LogP contribution in [0, 0.1) is 29.4 Å². The molecule has 0 unspecified atom stereocenters. The van der Waals surface area contributed by atoms with Crippen LogP contribution >= 0.6 is 0 Å². The van der Waals surface area contributed by atoms with Crippen LogP contribution in [0.5, 0.6) is 5.75 Å². The van der Waals surface area contributed by atoms with Crippen molar-refractivity contribution in [1.29, 1.82) is 0 Å². The summed E-state index contributed by atoms with van der Waals surface area (Å²) in [6.07, 6.45) is 5.19. The average molecular weight is 644 g/mol. The molecule has 3 amide bonds. The van der Waals surface area contributed by atoms with Gasteiger partial charge in [0.1, 0.15) is 23.1 Å². The van der Waals surface area contributed by atoms with E-state index in [9.17, 15) is 18.4 Å². The predicted molar refractivity (Wildman–Crippen MR) is 172 cm³/mol. The maximum Gasteiger partial charge on any atom is 0.407 e. The summed E-state index contributed by atoms with van der Waals surface area (Å²) in [6, 6.07) is 2.49. The third-order valence-corrected chi connectivity index (χ3v) is 8.55. The Labute approximate surface area is 269 Å². The van der Waals surface area contributed by atoms with Gasteiger partial charge >= 0.3 is 12.1 Å². The van der Waals surface area contributed by atoms with Crippen LogP contribution in [0.15, 0.2) is 35.6 Å². The van der Waals surface area contributed by atoms with E-state index >= 15 is 0 Å². The number of nitrogens with two attached hydrogens (primary N) is 1. The molecule has 2 saturated heterocycles. The number of urea groups is 1. The lowest BCUT2D eigenvalue weighted by molar-refractivity contribution is 0.0504. The number of likely N-dealkylation sites (tertiary alicyclic amines) is 1. The Kier molecular flexibility index (Phi) is 11.4. The topological polar surface area (TPSA) is 135 Å². The number of hydrogen-bond acceptors (Lipinski definition) is 7. The summed E-state index contributed by atoms with van der Waals surface area (Å²) >= 11 is 0. The van der Waals surface area contributed by atoms with Crippen LogP contribution in [0.25, 0.3) is 0 Å². The molecule has 46 heavy (non-hydrogen) atoms. The Bertz CT molecular complexity index is 1380. The summed E-state index contributed by atoms with van der Waals surface area (Å²) in [6.45, 7) is 13.6. The number of aliphatic imine (C=N–C) groups is 1. The van der Waals surface area contributed by atoms with E-state index in [1.54, 1.807) is 38.1 Å². The van der Waals surface area contributed by atoms with E-state index in [2.05, 4.69) is 27.2 Å². The highest BCUT2D eigenvalue weighted by atomic mass is 19.1. The first-order valence-electron chi connectivity index (χ1n) is 16.0. The van der Waals surface area contributed by atoms with E-state index in [1.807, 2.05) is 18.7 Å². The molecule has 0 bridgehead atoms. The summed E-state index contributed by atoms with van der Waals surface area (Å²) in [7, 11) is 0. The molecule has 3 heterocycles. The number of amidine groups is 1. The normalized spacial score (nSPS) is 20.2. The first-order valence-corrected chi connectivity index (χ1v) is 16.0. The minimum absolute atomic E-state index is 0.0360. The van der Waals surface area contributed by atoms with E-state index in [0.717, 1.165) is 37.5 Å². The number of halogens is 2. The highest BCUT2D eigenvalue weighted by Crippen LogP contribution is 2.33. The SMILES string of the molecule is CC(C)/C(N)=N/C(=O)N1CCC([C@H](C)CCOc2cnc(N3C[C@H](NC(=O)OC(C)(C)C)[C@@H](c4cc(F)ccc4F)C3)nc2)CC1. The second-order valence-corrected chi connectivity index (χ2v) is 13.6. The molecular formula is C33H47F2N7O4. The third-order valence-electron chi connectivity index (χ3n) is 8.55. The number of piperidine rings is 1. The lowest BCUT2D eigenvalue weighted by atomic mass is 9.84. The minimum Gasteiger partial charge on any atom is -0.490 e. The van der Waals surface area contributed by atoms with Gasteiger partial charge in [0.25, 0.3) is 0 Å². The number of carbonyl (C=O) groups excluding carboxylic acids is 2. The number of ether oxygens (including phenoxy) is 2. The van der Waals surface area contributed by atoms with Gasteiger partial charge in [-0.1, -0.05) is 20.8 Å². The molecule has 3 N–H and O–H groups in total. The van der Waals surface area contributed by atoms with Crippen molar-refractivity contribution >= 4 is 23.9 Å². The molecule has 2 aliphatic heterocycles. The molecule has 2 fully saturated rings. The molecule has 0 aliphatic carbocycles. The number of rotatable bonds is 9. The van der Waals surface area contributed by atoms with Gasteiger partial charge in [-0.3, -0.25) is 0 Å².